The van der Waals surface area contributed by atoms with Gasteiger partial charge in [-0.1, -0.05) is 30.3 Å². The predicted molar refractivity (Wildman–Crippen MR) is 95.7 cm³/mol. The zero-order chi connectivity index (χ0) is 18.7. The van der Waals surface area contributed by atoms with E-state index in [1.165, 1.54) is 20.0 Å². The van der Waals surface area contributed by atoms with Gasteiger partial charge in [-0.2, -0.15) is 0 Å². The van der Waals surface area contributed by atoms with Gasteiger partial charge in [-0.15, -0.1) is 0 Å². The first-order valence-corrected chi connectivity index (χ1v) is 8.12. The summed E-state index contributed by atoms with van der Waals surface area (Å²) in [6.45, 7) is 4.90. The quantitative estimate of drug-likeness (QED) is 0.510. The van der Waals surface area contributed by atoms with Gasteiger partial charge >= 0.3 is 11.9 Å². The lowest BCUT2D eigenvalue weighted by Gasteiger charge is -2.29. The number of cyclic esters (lactones) is 2. The SMILES string of the molecule is Cc1cccc(NC=C2C(=O)OC(C)(C)OC2=O)c1Oc1ccccc1. The van der Waals surface area contributed by atoms with Crippen molar-refractivity contribution in [1.82, 2.24) is 0 Å². The molecule has 0 radical (unpaired) electrons. The van der Waals surface area contributed by atoms with Crippen LogP contribution >= 0.6 is 0 Å². The van der Waals surface area contributed by atoms with E-state index in [1.54, 1.807) is 6.07 Å². The van der Waals surface area contributed by atoms with E-state index in [1.807, 2.05) is 49.4 Å². The molecule has 1 aliphatic heterocycles. The Labute approximate surface area is 151 Å². The molecule has 0 amide bonds. The fourth-order valence-electron chi connectivity index (χ4n) is 2.44. The number of aryl methyl sites for hydroxylation is 1. The lowest BCUT2D eigenvalue weighted by molar-refractivity contribution is -0.222. The molecule has 6 nitrogen and oxygen atoms in total. The molecule has 0 aromatic heterocycles. The van der Waals surface area contributed by atoms with Crippen LogP contribution in [0.15, 0.2) is 60.3 Å². The Balaban J connectivity index is 1.85. The van der Waals surface area contributed by atoms with E-state index >= 15 is 0 Å². The van der Waals surface area contributed by atoms with Gasteiger partial charge in [0.1, 0.15) is 5.75 Å². The van der Waals surface area contributed by atoms with Crippen LogP contribution < -0.4 is 10.1 Å². The Morgan fingerprint density at radius 3 is 2.27 bits per heavy atom. The summed E-state index contributed by atoms with van der Waals surface area (Å²) >= 11 is 0. The number of hydrogen-bond acceptors (Lipinski definition) is 6. The van der Waals surface area contributed by atoms with Crippen LogP contribution in [0, 0.1) is 6.92 Å². The number of anilines is 1. The van der Waals surface area contributed by atoms with E-state index < -0.39 is 17.7 Å². The average Bonchev–Trinajstić information content (AvgIpc) is 2.57. The van der Waals surface area contributed by atoms with Crippen LogP contribution in [0.4, 0.5) is 5.69 Å². The molecule has 2 aromatic rings. The van der Waals surface area contributed by atoms with Gasteiger partial charge in [0.25, 0.3) is 5.79 Å². The van der Waals surface area contributed by atoms with Crippen molar-refractivity contribution in [2.75, 3.05) is 5.32 Å². The Kier molecular flexibility index (Phi) is 4.67. The topological polar surface area (TPSA) is 73.9 Å². The smallest absolute Gasteiger partial charge is 0.350 e. The summed E-state index contributed by atoms with van der Waals surface area (Å²) in [7, 11) is 0. The lowest BCUT2D eigenvalue weighted by atomic mass is 10.2. The van der Waals surface area contributed by atoms with E-state index in [0.717, 1.165) is 5.56 Å². The maximum atomic E-state index is 12.0. The minimum atomic E-state index is -1.27. The average molecular weight is 353 g/mol. The molecule has 134 valence electrons. The highest BCUT2D eigenvalue weighted by molar-refractivity contribution is 6.15. The number of nitrogens with one attached hydrogen (secondary N) is 1. The van der Waals surface area contributed by atoms with E-state index in [9.17, 15) is 9.59 Å². The molecule has 1 fully saturated rings. The summed E-state index contributed by atoms with van der Waals surface area (Å²) in [6, 6.07) is 14.9. The second-order valence-electron chi connectivity index (χ2n) is 6.25. The van der Waals surface area contributed by atoms with Gasteiger partial charge in [-0.3, -0.25) is 0 Å². The third-order valence-corrected chi connectivity index (χ3v) is 3.66. The Hall–Kier alpha value is -3.28. The maximum Gasteiger partial charge on any atom is 0.350 e. The highest BCUT2D eigenvalue weighted by atomic mass is 16.7. The molecule has 6 heteroatoms. The summed E-state index contributed by atoms with van der Waals surface area (Å²) in [5.74, 6) is -1.48. The van der Waals surface area contributed by atoms with Crippen molar-refractivity contribution >= 4 is 17.6 Å². The van der Waals surface area contributed by atoms with Gasteiger partial charge in [0.2, 0.25) is 0 Å². The van der Waals surface area contributed by atoms with Crippen LogP contribution in [0.25, 0.3) is 0 Å². The van der Waals surface area contributed by atoms with Crippen LogP contribution in [0.5, 0.6) is 11.5 Å². The van der Waals surface area contributed by atoms with Crippen molar-refractivity contribution in [2.24, 2.45) is 0 Å². The van der Waals surface area contributed by atoms with Crippen molar-refractivity contribution in [3.05, 3.63) is 65.9 Å². The fourth-order valence-corrected chi connectivity index (χ4v) is 2.44. The molecule has 1 aliphatic rings. The first-order valence-electron chi connectivity index (χ1n) is 8.12. The van der Waals surface area contributed by atoms with Crippen molar-refractivity contribution < 1.29 is 23.8 Å². The summed E-state index contributed by atoms with van der Waals surface area (Å²) in [4.78, 5) is 24.0. The highest BCUT2D eigenvalue weighted by Crippen LogP contribution is 2.33. The molecule has 0 spiro atoms. The summed E-state index contributed by atoms with van der Waals surface area (Å²) in [6.07, 6.45) is 1.27. The molecule has 0 bridgehead atoms. The van der Waals surface area contributed by atoms with Gasteiger partial charge in [-0.05, 0) is 30.7 Å². The monoisotopic (exact) mass is 353 g/mol. The zero-order valence-electron chi connectivity index (χ0n) is 14.7. The van der Waals surface area contributed by atoms with E-state index in [0.29, 0.717) is 17.2 Å². The molecule has 26 heavy (non-hydrogen) atoms. The van der Waals surface area contributed by atoms with Crippen molar-refractivity contribution in [1.29, 1.82) is 0 Å². The molecule has 0 atom stereocenters. The van der Waals surface area contributed by atoms with E-state index in [2.05, 4.69) is 5.32 Å². The molecule has 1 N–H and O–H groups in total. The molecule has 1 heterocycles. The van der Waals surface area contributed by atoms with Crippen molar-refractivity contribution in [3.63, 3.8) is 0 Å². The number of carbonyl (C=O) groups is 2. The molecular formula is C20H19NO5. The fraction of sp³-hybridized carbons (Fsp3) is 0.200. The van der Waals surface area contributed by atoms with Crippen molar-refractivity contribution in [3.8, 4) is 11.5 Å². The van der Waals surface area contributed by atoms with Crippen LogP contribution in [0.1, 0.15) is 19.4 Å². The largest absolute Gasteiger partial charge is 0.455 e. The van der Waals surface area contributed by atoms with Gasteiger partial charge in [0, 0.05) is 20.0 Å². The number of ether oxygens (including phenoxy) is 3. The number of benzene rings is 2. The van der Waals surface area contributed by atoms with Crippen LogP contribution in [-0.2, 0) is 19.1 Å². The third kappa shape index (κ3) is 3.85. The van der Waals surface area contributed by atoms with E-state index in [4.69, 9.17) is 14.2 Å². The van der Waals surface area contributed by atoms with Gasteiger partial charge < -0.3 is 19.5 Å². The Morgan fingerprint density at radius 2 is 1.62 bits per heavy atom. The number of hydrogen-bond donors (Lipinski definition) is 1. The van der Waals surface area contributed by atoms with Crippen LogP contribution in [-0.4, -0.2) is 17.7 Å². The second kappa shape index (κ2) is 6.92. The number of para-hydroxylation sites is 2. The molecule has 0 unspecified atom stereocenters. The summed E-state index contributed by atoms with van der Waals surface area (Å²) in [5, 5.41) is 2.94. The van der Waals surface area contributed by atoms with Crippen molar-refractivity contribution in [2.45, 2.75) is 26.6 Å². The van der Waals surface area contributed by atoms with Gasteiger partial charge in [0.15, 0.2) is 11.3 Å². The summed E-state index contributed by atoms with van der Waals surface area (Å²) in [5.41, 5.74) is 1.29. The summed E-state index contributed by atoms with van der Waals surface area (Å²) < 4.78 is 16.1. The molecule has 3 rings (SSSR count). The number of rotatable bonds is 4. The van der Waals surface area contributed by atoms with Crippen LogP contribution in [0.3, 0.4) is 0 Å². The first-order chi connectivity index (χ1) is 12.4. The highest BCUT2D eigenvalue weighted by Gasteiger charge is 2.39. The van der Waals surface area contributed by atoms with E-state index in [-0.39, 0.29) is 5.57 Å². The van der Waals surface area contributed by atoms with Crippen LogP contribution in [0.2, 0.25) is 0 Å². The second-order valence-corrected chi connectivity index (χ2v) is 6.25. The normalized spacial score (nSPS) is 15.7. The minimum Gasteiger partial charge on any atom is -0.455 e. The molecule has 1 saturated heterocycles. The Bertz CT molecular complexity index is 849. The number of carbonyl (C=O) groups excluding carboxylic acids is 2. The molecule has 0 aliphatic carbocycles. The third-order valence-electron chi connectivity index (χ3n) is 3.66. The Morgan fingerprint density at radius 1 is 0.962 bits per heavy atom. The molecule has 2 aromatic carbocycles. The van der Waals surface area contributed by atoms with Gasteiger partial charge in [0.05, 0.1) is 5.69 Å². The minimum absolute atomic E-state index is 0.212. The zero-order valence-corrected chi connectivity index (χ0v) is 14.7. The number of esters is 2. The molecular weight excluding hydrogens is 334 g/mol. The predicted octanol–water partition coefficient (Wildman–Crippen LogP) is 3.92. The first kappa shape index (κ1) is 17.5. The lowest BCUT2D eigenvalue weighted by Crippen LogP contribution is -2.42. The maximum absolute atomic E-state index is 12.0. The van der Waals surface area contributed by atoms with Gasteiger partial charge in [-0.25, -0.2) is 9.59 Å². The standard InChI is InChI=1S/C20H19NO5/c1-13-8-7-11-16(17(13)24-14-9-5-4-6-10-14)21-12-15-18(22)25-20(2,3)26-19(15)23/h4-12,21H,1-3H3. The molecule has 0 saturated carbocycles.